The molecule has 0 aliphatic carbocycles. The first-order chi connectivity index (χ1) is 10.5. The van der Waals surface area contributed by atoms with E-state index in [1.807, 2.05) is 26.0 Å². The van der Waals surface area contributed by atoms with Crippen molar-refractivity contribution < 1.29 is 17.9 Å². The topological polar surface area (TPSA) is 48.1 Å². The highest BCUT2D eigenvalue weighted by atomic mass is 32.2. The molecule has 0 radical (unpaired) electrons. The summed E-state index contributed by atoms with van der Waals surface area (Å²) in [6.07, 6.45) is 4.62. The number of epoxide rings is 1. The Hall–Kier alpha value is -0.910. The van der Waals surface area contributed by atoms with Crippen molar-refractivity contribution in [1.82, 2.24) is 0 Å². The van der Waals surface area contributed by atoms with Gasteiger partial charge in [0.2, 0.25) is 0 Å². The molecule has 0 spiro atoms. The molecule has 5 heteroatoms. The van der Waals surface area contributed by atoms with Crippen LogP contribution < -0.4 is 4.74 Å². The lowest BCUT2D eigenvalue weighted by molar-refractivity contribution is 0.0743. The monoisotopic (exact) mass is 326 g/mol. The molecule has 0 N–H and O–H groups in total. The molecule has 1 aliphatic heterocycles. The Kier molecular flexibility index (Phi) is 6.41. The minimum Gasteiger partial charge on any atom is -0.485 e. The first-order valence-electron chi connectivity index (χ1n) is 7.98. The zero-order valence-corrected chi connectivity index (χ0v) is 14.5. The van der Waals surface area contributed by atoms with E-state index < -0.39 is 11.1 Å². The van der Waals surface area contributed by atoms with Crippen molar-refractivity contribution in [1.29, 1.82) is 0 Å². The number of hydrogen-bond acceptors (Lipinski definition) is 4. The molecule has 0 bridgehead atoms. The van der Waals surface area contributed by atoms with E-state index in [0.717, 1.165) is 25.2 Å². The van der Waals surface area contributed by atoms with Gasteiger partial charge >= 0.3 is 0 Å². The van der Waals surface area contributed by atoms with Crippen LogP contribution in [0.2, 0.25) is 0 Å². The summed E-state index contributed by atoms with van der Waals surface area (Å²) >= 11 is -1.40. The van der Waals surface area contributed by atoms with Gasteiger partial charge in [-0.15, -0.1) is 0 Å². The van der Waals surface area contributed by atoms with Crippen molar-refractivity contribution in [3.8, 4) is 5.75 Å². The predicted molar refractivity (Wildman–Crippen MR) is 87.4 cm³/mol. The van der Waals surface area contributed by atoms with Crippen molar-refractivity contribution >= 4 is 11.1 Å². The molecule has 1 aromatic carbocycles. The Bertz CT molecular complexity index is 480. The van der Waals surface area contributed by atoms with Gasteiger partial charge < -0.3 is 9.47 Å². The second-order valence-corrected chi connectivity index (χ2v) is 7.29. The van der Waals surface area contributed by atoms with Crippen LogP contribution in [0.15, 0.2) is 29.2 Å². The van der Waals surface area contributed by atoms with Crippen LogP contribution in [0.25, 0.3) is 0 Å². The fourth-order valence-corrected chi connectivity index (χ4v) is 2.93. The first kappa shape index (κ1) is 17.4. The molecule has 0 aromatic heterocycles. The molecule has 124 valence electrons. The van der Waals surface area contributed by atoms with Crippen LogP contribution in [-0.2, 0) is 20.0 Å². The van der Waals surface area contributed by atoms with Crippen molar-refractivity contribution in [3.05, 3.63) is 24.3 Å². The van der Waals surface area contributed by atoms with Crippen LogP contribution in [0, 0.1) is 0 Å². The van der Waals surface area contributed by atoms with Gasteiger partial charge in [0, 0.05) is 0 Å². The molecular weight excluding hydrogens is 300 g/mol. The van der Waals surface area contributed by atoms with E-state index in [0.29, 0.717) is 11.5 Å². The van der Waals surface area contributed by atoms with Gasteiger partial charge in [-0.2, -0.15) is 0 Å². The minimum absolute atomic E-state index is 0.160. The van der Waals surface area contributed by atoms with Gasteiger partial charge in [0.25, 0.3) is 0 Å². The SMILES string of the molecule is CCCCCCOS(=O)c1ccc(OC(C)(C)C2CO2)cc1. The van der Waals surface area contributed by atoms with Crippen LogP contribution >= 0.6 is 0 Å². The van der Waals surface area contributed by atoms with Crippen LogP contribution in [0.4, 0.5) is 0 Å². The molecule has 0 saturated carbocycles. The van der Waals surface area contributed by atoms with E-state index in [1.165, 1.54) is 12.8 Å². The lowest BCUT2D eigenvalue weighted by Gasteiger charge is -2.24. The Balaban J connectivity index is 1.79. The maximum Gasteiger partial charge on any atom is 0.189 e. The van der Waals surface area contributed by atoms with Gasteiger partial charge in [-0.05, 0) is 44.5 Å². The zero-order chi connectivity index (χ0) is 16.0. The van der Waals surface area contributed by atoms with Gasteiger partial charge in [0.15, 0.2) is 11.1 Å². The molecule has 2 unspecified atom stereocenters. The molecule has 4 nitrogen and oxygen atoms in total. The van der Waals surface area contributed by atoms with Gasteiger partial charge in [0.1, 0.15) is 17.5 Å². The maximum absolute atomic E-state index is 12.0. The highest BCUT2D eigenvalue weighted by Crippen LogP contribution is 2.29. The van der Waals surface area contributed by atoms with E-state index in [-0.39, 0.29) is 11.7 Å². The molecule has 22 heavy (non-hydrogen) atoms. The summed E-state index contributed by atoms with van der Waals surface area (Å²) in [7, 11) is 0. The molecule has 2 atom stereocenters. The van der Waals surface area contributed by atoms with Crippen LogP contribution in [0.5, 0.6) is 5.75 Å². The summed E-state index contributed by atoms with van der Waals surface area (Å²) < 4.78 is 28.6. The predicted octanol–water partition coefficient (Wildman–Crippen LogP) is 3.86. The van der Waals surface area contributed by atoms with Crippen LogP contribution in [0.3, 0.4) is 0 Å². The third-order valence-corrected chi connectivity index (χ3v) is 4.73. The average molecular weight is 326 g/mol. The molecule has 1 fully saturated rings. The molecule has 1 saturated heterocycles. The quantitative estimate of drug-likeness (QED) is 0.484. The lowest BCUT2D eigenvalue weighted by Crippen LogP contribution is -2.34. The van der Waals surface area contributed by atoms with Crippen molar-refractivity contribution in [2.75, 3.05) is 13.2 Å². The molecule has 1 aliphatic rings. The lowest BCUT2D eigenvalue weighted by atomic mass is 10.1. The van der Waals surface area contributed by atoms with Crippen molar-refractivity contribution in [3.63, 3.8) is 0 Å². The maximum atomic E-state index is 12.0. The first-order valence-corrected chi connectivity index (χ1v) is 9.06. The van der Waals surface area contributed by atoms with Gasteiger partial charge in [-0.3, -0.25) is 4.18 Å². The van der Waals surface area contributed by atoms with Gasteiger partial charge in [-0.1, -0.05) is 26.2 Å². The Morgan fingerprint density at radius 1 is 1.23 bits per heavy atom. The van der Waals surface area contributed by atoms with E-state index in [9.17, 15) is 4.21 Å². The standard InChI is InChI=1S/C17H26O4S/c1-4-5-6-7-12-20-22(18)15-10-8-14(9-11-15)21-17(2,3)16-13-19-16/h8-11,16H,4-7,12-13H2,1-3H3. The molecule has 2 rings (SSSR count). The van der Waals surface area contributed by atoms with Crippen molar-refractivity contribution in [2.45, 2.75) is 63.1 Å². The van der Waals surface area contributed by atoms with E-state index in [1.54, 1.807) is 12.1 Å². The number of ether oxygens (including phenoxy) is 2. The van der Waals surface area contributed by atoms with E-state index in [2.05, 4.69) is 6.92 Å². The summed E-state index contributed by atoms with van der Waals surface area (Å²) in [4.78, 5) is 0.670. The number of hydrogen-bond donors (Lipinski definition) is 0. The third kappa shape index (κ3) is 5.38. The van der Waals surface area contributed by atoms with Crippen LogP contribution in [-0.4, -0.2) is 29.1 Å². The molecule has 1 heterocycles. The van der Waals surface area contributed by atoms with Gasteiger partial charge in [-0.25, -0.2) is 4.21 Å². The molecule has 1 aromatic rings. The van der Waals surface area contributed by atoms with E-state index in [4.69, 9.17) is 13.7 Å². The summed E-state index contributed by atoms with van der Waals surface area (Å²) in [5.41, 5.74) is -0.337. The normalized spacial score (nSPS) is 19.0. The second kappa shape index (κ2) is 8.09. The smallest absolute Gasteiger partial charge is 0.189 e. The van der Waals surface area contributed by atoms with Crippen LogP contribution in [0.1, 0.15) is 46.5 Å². The highest BCUT2D eigenvalue weighted by molar-refractivity contribution is 7.80. The molecule has 0 amide bonds. The second-order valence-electron chi connectivity index (χ2n) is 6.12. The summed E-state index contributed by atoms with van der Waals surface area (Å²) in [5.74, 6) is 0.754. The summed E-state index contributed by atoms with van der Waals surface area (Å²) in [6, 6.07) is 7.25. The average Bonchev–Trinajstić information content (AvgIpc) is 3.32. The summed E-state index contributed by atoms with van der Waals surface area (Å²) in [5, 5.41) is 0. The van der Waals surface area contributed by atoms with E-state index >= 15 is 0 Å². The Morgan fingerprint density at radius 2 is 1.91 bits per heavy atom. The number of benzene rings is 1. The number of rotatable bonds is 10. The zero-order valence-electron chi connectivity index (χ0n) is 13.7. The van der Waals surface area contributed by atoms with Crippen molar-refractivity contribution in [2.24, 2.45) is 0 Å². The Labute approximate surface area is 135 Å². The highest BCUT2D eigenvalue weighted by Gasteiger charge is 2.41. The van der Waals surface area contributed by atoms with Gasteiger partial charge in [0.05, 0.1) is 18.1 Å². The Morgan fingerprint density at radius 3 is 2.50 bits per heavy atom. The largest absolute Gasteiger partial charge is 0.485 e. The fraction of sp³-hybridized carbons (Fsp3) is 0.647. The number of unbranched alkanes of at least 4 members (excludes halogenated alkanes) is 3. The summed E-state index contributed by atoms with van der Waals surface area (Å²) in [6.45, 7) is 7.48. The third-order valence-electron chi connectivity index (χ3n) is 3.69. The molecular formula is C17H26O4S. The minimum atomic E-state index is -1.40. The fourth-order valence-electron chi connectivity index (χ4n) is 2.17.